The summed E-state index contributed by atoms with van der Waals surface area (Å²) >= 11 is 0. The van der Waals surface area contributed by atoms with Crippen molar-refractivity contribution in [2.75, 3.05) is 5.32 Å². The number of ether oxygens (including phenoxy) is 1. The maximum absolute atomic E-state index is 12.7. The predicted molar refractivity (Wildman–Crippen MR) is 123 cm³/mol. The highest BCUT2D eigenvalue weighted by atomic mass is 16.5. The lowest BCUT2D eigenvalue weighted by Crippen LogP contribution is -2.30. The van der Waals surface area contributed by atoms with Gasteiger partial charge in [-0.3, -0.25) is 4.79 Å². The van der Waals surface area contributed by atoms with Crippen LogP contribution in [0.1, 0.15) is 25.1 Å². The number of nitrogens with one attached hydrogen (secondary N) is 1. The number of hydrogen-bond donors (Lipinski definition) is 1. The van der Waals surface area contributed by atoms with Gasteiger partial charge in [0.05, 0.1) is 11.1 Å². The van der Waals surface area contributed by atoms with Gasteiger partial charge in [0, 0.05) is 18.3 Å². The van der Waals surface area contributed by atoms with Crippen LogP contribution < -0.4 is 10.1 Å². The second-order valence-electron chi connectivity index (χ2n) is 7.54. The molecule has 0 radical (unpaired) electrons. The first-order chi connectivity index (χ1) is 15.0. The lowest BCUT2D eigenvalue weighted by molar-refractivity contribution is -0.122. The molecule has 4 rings (SSSR count). The van der Waals surface area contributed by atoms with E-state index >= 15 is 0 Å². The number of aryl methyl sites for hydroxylation is 3. The number of aromatic nitrogens is 3. The average Bonchev–Trinajstić information content (AvgIpc) is 3.11. The van der Waals surface area contributed by atoms with Crippen molar-refractivity contribution >= 4 is 22.6 Å². The van der Waals surface area contributed by atoms with E-state index in [1.165, 1.54) is 0 Å². The first-order valence-electron chi connectivity index (χ1n) is 10.4. The van der Waals surface area contributed by atoms with Gasteiger partial charge in [-0.05, 0) is 50.5 Å². The highest BCUT2D eigenvalue weighted by Gasteiger charge is 2.20. The van der Waals surface area contributed by atoms with E-state index in [0.717, 1.165) is 39.1 Å². The van der Waals surface area contributed by atoms with E-state index in [2.05, 4.69) is 22.5 Å². The van der Waals surface area contributed by atoms with E-state index in [9.17, 15) is 4.79 Å². The lowest BCUT2D eigenvalue weighted by atomic mass is 10.0. The fraction of sp³-hybridized carbons (Fsp3) is 0.240. The van der Waals surface area contributed by atoms with Crippen LogP contribution in [0, 0.1) is 13.8 Å². The minimum absolute atomic E-state index is 0.224. The highest BCUT2D eigenvalue weighted by molar-refractivity contribution is 5.96. The van der Waals surface area contributed by atoms with Gasteiger partial charge < -0.3 is 10.1 Å². The molecule has 0 aliphatic heterocycles. The van der Waals surface area contributed by atoms with Crippen molar-refractivity contribution in [3.05, 3.63) is 71.9 Å². The predicted octanol–water partition coefficient (Wildman–Crippen LogP) is 5.14. The number of amides is 1. The van der Waals surface area contributed by atoms with Crippen molar-refractivity contribution < 1.29 is 9.53 Å². The quantitative estimate of drug-likeness (QED) is 0.474. The number of hydrogen-bond acceptors (Lipinski definition) is 4. The van der Waals surface area contributed by atoms with Gasteiger partial charge in [-0.15, -0.1) is 0 Å². The molecular weight excluding hydrogens is 388 g/mol. The molecular formula is C25H26N4O2. The van der Waals surface area contributed by atoms with Crippen molar-refractivity contribution in [2.45, 2.75) is 40.3 Å². The van der Waals surface area contributed by atoms with Crippen LogP contribution in [0.15, 0.2) is 60.7 Å². The Kier molecular flexibility index (Phi) is 5.71. The summed E-state index contributed by atoms with van der Waals surface area (Å²) in [6.07, 6.45) is -0.715. The Labute approximate surface area is 181 Å². The van der Waals surface area contributed by atoms with Crippen LogP contribution >= 0.6 is 0 Å². The van der Waals surface area contributed by atoms with Crippen LogP contribution in [0.5, 0.6) is 5.88 Å². The minimum atomic E-state index is -0.715. The summed E-state index contributed by atoms with van der Waals surface area (Å²) in [6, 6.07) is 19.6. The third kappa shape index (κ3) is 4.14. The fourth-order valence-corrected chi connectivity index (χ4v) is 3.64. The van der Waals surface area contributed by atoms with Crippen LogP contribution in [0.25, 0.3) is 22.2 Å². The summed E-state index contributed by atoms with van der Waals surface area (Å²) in [7, 11) is 0. The van der Waals surface area contributed by atoms with E-state index in [1.807, 2.05) is 74.0 Å². The third-order valence-corrected chi connectivity index (χ3v) is 5.31. The molecule has 158 valence electrons. The Balaban J connectivity index is 1.69. The molecule has 0 aliphatic carbocycles. The molecule has 0 bridgehead atoms. The summed E-state index contributed by atoms with van der Waals surface area (Å²) < 4.78 is 7.87. The van der Waals surface area contributed by atoms with Crippen LogP contribution in [0.2, 0.25) is 0 Å². The highest BCUT2D eigenvalue weighted by Crippen LogP contribution is 2.33. The van der Waals surface area contributed by atoms with Gasteiger partial charge >= 0.3 is 0 Å². The molecule has 0 spiro atoms. The molecule has 0 saturated carbocycles. The number of para-hydroxylation sites is 1. The fourth-order valence-electron chi connectivity index (χ4n) is 3.64. The van der Waals surface area contributed by atoms with Gasteiger partial charge in [0.25, 0.3) is 5.91 Å². The number of rotatable bonds is 6. The number of carbonyl (C=O) groups is 1. The van der Waals surface area contributed by atoms with Gasteiger partial charge in [-0.25, -0.2) is 4.68 Å². The van der Waals surface area contributed by atoms with Crippen LogP contribution in [0.4, 0.5) is 5.69 Å². The molecule has 2 heterocycles. The van der Waals surface area contributed by atoms with Crippen LogP contribution in [-0.2, 0) is 11.3 Å². The molecule has 6 heteroatoms. The maximum atomic E-state index is 12.7. The van der Waals surface area contributed by atoms with Gasteiger partial charge in [-0.1, -0.05) is 48.5 Å². The van der Waals surface area contributed by atoms with Gasteiger partial charge in [-0.2, -0.15) is 10.1 Å². The Morgan fingerprint density at radius 2 is 1.81 bits per heavy atom. The van der Waals surface area contributed by atoms with Crippen LogP contribution in [-0.4, -0.2) is 26.8 Å². The molecule has 2 aromatic carbocycles. The molecule has 0 fully saturated rings. The number of nitrogens with zero attached hydrogens (tertiary/aromatic N) is 3. The number of fused-ring (bicyclic) bond motifs is 1. The van der Waals surface area contributed by atoms with Gasteiger partial charge in [0.15, 0.2) is 11.8 Å². The summed E-state index contributed by atoms with van der Waals surface area (Å²) in [6.45, 7) is 8.39. The molecule has 1 atom stereocenters. The molecule has 0 aliphatic rings. The SMILES string of the molecule is CCn1nc(C)c2c(-c3ccccc3)cc(O[C@H](C)C(=O)Nc3ccccc3C)nc21. The molecule has 4 aromatic rings. The lowest BCUT2D eigenvalue weighted by Gasteiger charge is -2.16. The zero-order valence-corrected chi connectivity index (χ0v) is 18.2. The normalized spacial score (nSPS) is 12.0. The van der Waals surface area contributed by atoms with E-state index in [-0.39, 0.29) is 5.91 Å². The van der Waals surface area contributed by atoms with E-state index < -0.39 is 6.10 Å². The van der Waals surface area contributed by atoms with Gasteiger partial charge in [0.1, 0.15) is 0 Å². The summed E-state index contributed by atoms with van der Waals surface area (Å²) in [5.41, 5.74) is 5.48. The Morgan fingerprint density at radius 3 is 2.52 bits per heavy atom. The molecule has 0 unspecified atom stereocenters. The molecule has 1 amide bonds. The zero-order valence-electron chi connectivity index (χ0n) is 18.2. The first kappa shape index (κ1) is 20.6. The summed E-state index contributed by atoms with van der Waals surface area (Å²) in [5, 5.41) is 8.56. The maximum Gasteiger partial charge on any atom is 0.265 e. The average molecular weight is 415 g/mol. The molecule has 6 nitrogen and oxygen atoms in total. The molecule has 2 aromatic heterocycles. The van der Waals surface area contributed by atoms with Crippen molar-refractivity contribution in [3.63, 3.8) is 0 Å². The third-order valence-electron chi connectivity index (χ3n) is 5.31. The second kappa shape index (κ2) is 8.60. The second-order valence-corrected chi connectivity index (χ2v) is 7.54. The van der Waals surface area contributed by atoms with Crippen LogP contribution in [0.3, 0.4) is 0 Å². The Bertz CT molecular complexity index is 1230. The molecule has 0 saturated heterocycles. The van der Waals surface area contributed by atoms with E-state index in [1.54, 1.807) is 6.92 Å². The van der Waals surface area contributed by atoms with Crippen molar-refractivity contribution in [1.29, 1.82) is 0 Å². The number of carbonyl (C=O) groups excluding carboxylic acids is 1. The number of benzene rings is 2. The Morgan fingerprint density at radius 1 is 1.10 bits per heavy atom. The zero-order chi connectivity index (χ0) is 22.0. The van der Waals surface area contributed by atoms with Crippen molar-refractivity contribution in [3.8, 4) is 17.0 Å². The monoisotopic (exact) mass is 414 g/mol. The first-order valence-corrected chi connectivity index (χ1v) is 10.4. The summed E-state index contributed by atoms with van der Waals surface area (Å²) in [5.74, 6) is 0.172. The smallest absolute Gasteiger partial charge is 0.265 e. The van der Waals surface area contributed by atoms with E-state index in [4.69, 9.17) is 9.72 Å². The molecule has 1 N–H and O–H groups in total. The summed E-state index contributed by atoms with van der Waals surface area (Å²) in [4.78, 5) is 17.4. The number of anilines is 1. The van der Waals surface area contributed by atoms with Crippen molar-refractivity contribution in [2.24, 2.45) is 0 Å². The Hall–Kier alpha value is -3.67. The topological polar surface area (TPSA) is 69.0 Å². The molecule has 31 heavy (non-hydrogen) atoms. The van der Waals surface area contributed by atoms with Crippen molar-refractivity contribution in [1.82, 2.24) is 14.8 Å². The van der Waals surface area contributed by atoms with Gasteiger partial charge in [0.2, 0.25) is 5.88 Å². The number of pyridine rings is 1. The standard InChI is InChI=1S/C25H26N4O2/c1-5-29-24-23(17(3)28-29)20(19-12-7-6-8-13-19)15-22(27-24)31-18(4)25(30)26-21-14-10-9-11-16(21)2/h6-15,18H,5H2,1-4H3,(H,26,30)/t18-/m1/s1. The minimum Gasteiger partial charge on any atom is -0.464 e. The largest absolute Gasteiger partial charge is 0.464 e. The van der Waals surface area contributed by atoms with E-state index in [0.29, 0.717) is 12.4 Å².